The number of halogens is 1. The average molecular weight is 356 g/mol. The van der Waals surface area contributed by atoms with Gasteiger partial charge in [0.1, 0.15) is 10.5 Å². The lowest BCUT2D eigenvalue weighted by Gasteiger charge is -2.12. The van der Waals surface area contributed by atoms with Gasteiger partial charge in [-0.2, -0.15) is 0 Å². The molecule has 7 nitrogen and oxygen atoms in total. The Balaban J connectivity index is 1.98. The summed E-state index contributed by atoms with van der Waals surface area (Å²) in [6, 6.07) is 8.21. The standard InChI is InChI=1S/C12H10ClN5O2S2/c1-8-9(3-2-4-10(8)18-7-14-16-17-18)15-22(19,20)12-6-5-11(13)21-12/h2-7,15H,1H3. The second-order valence-corrected chi connectivity index (χ2v) is 7.99. The third kappa shape index (κ3) is 2.82. The van der Waals surface area contributed by atoms with Crippen LogP contribution in [0.2, 0.25) is 4.34 Å². The minimum atomic E-state index is -3.68. The van der Waals surface area contributed by atoms with Crippen LogP contribution in [0.1, 0.15) is 5.56 Å². The molecular weight excluding hydrogens is 346 g/mol. The second-order valence-electron chi connectivity index (χ2n) is 4.37. The van der Waals surface area contributed by atoms with Gasteiger partial charge in [-0.15, -0.1) is 16.4 Å². The zero-order valence-corrected chi connectivity index (χ0v) is 13.7. The molecule has 22 heavy (non-hydrogen) atoms. The number of hydrogen-bond acceptors (Lipinski definition) is 6. The van der Waals surface area contributed by atoms with E-state index in [9.17, 15) is 8.42 Å². The van der Waals surface area contributed by atoms with Crippen molar-refractivity contribution in [2.24, 2.45) is 0 Å². The van der Waals surface area contributed by atoms with Crippen LogP contribution >= 0.6 is 22.9 Å². The Morgan fingerprint density at radius 1 is 1.27 bits per heavy atom. The van der Waals surface area contributed by atoms with Gasteiger partial charge in [-0.3, -0.25) is 4.72 Å². The first kappa shape index (κ1) is 14.9. The summed E-state index contributed by atoms with van der Waals surface area (Å²) < 4.78 is 29.3. The number of benzene rings is 1. The van der Waals surface area contributed by atoms with Crippen molar-refractivity contribution in [2.75, 3.05) is 4.72 Å². The highest BCUT2D eigenvalue weighted by atomic mass is 35.5. The summed E-state index contributed by atoms with van der Waals surface area (Å²) in [6.45, 7) is 1.79. The molecule has 0 aliphatic rings. The first-order valence-electron chi connectivity index (χ1n) is 6.08. The number of thiophene rings is 1. The zero-order valence-electron chi connectivity index (χ0n) is 11.3. The molecule has 0 saturated heterocycles. The van der Waals surface area contributed by atoms with E-state index in [1.165, 1.54) is 17.1 Å². The highest BCUT2D eigenvalue weighted by Gasteiger charge is 2.18. The maximum atomic E-state index is 12.4. The number of hydrogen-bond donors (Lipinski definition) is 1. The molecule has 0 atom stereocenters. The third-order valence-electron chi connectivity index (χ3n) is 2.96. The van der Waals surface area contributed by atoms with Gasteiger partial charge in [0, 0.05) is 0 Å². The van der Waals surface area contributed by atoms with E-state index in [-0.39, 0.29) is 4.21 Å². The number of anilines is 1. The molecule has 1 aromatic carbocycles. The molecule has 2 aromatic heterocycles. The molecule has 0 radical (unpaired) electrons. The van der Waals surface area contributed by atoms with Crippen LogP contribution in [0.3, 0.4) is 0 Å². The van der Waals surface area contributed by atoms with Gasteiger partial charge in [0.25, 0.3) is 10.0 Å². The van der Waals surface area contributed by atoms with Gasteiger partial charge in [0.05, 0.1) is 15.7 Å². The van der Waals surface area contributed by atoms with Crippen LogP contribution in [0.4, 0.5) is 5.69 Å². The largest absolute Gasteiger partial charge is 0.279 e. The molecule has 2 heterocycles. The Hall–Kier alpha value is -1.97. The summed E-state index contributed by atoms with van der Waals surface area (Å²) in [5, 5.41) is 11.0. The van der Waals surface area contributed by atoms with Crippen LogP contribution in [-0.2, 0) is 10.0 Å². The van der Waals surface area contributed by atoms with Crippen LogP contribution in [0.5, 0.6) is 0 Å². The predicted molar refractivity (Wildman–Crippen MR) is 84.0 cm³/mol. The van der Waals surface area contributed by atoms with E-state index in [0.717, 1.165) is 11.3 Å². The molecule has 3 aromatic rings. The Kier molecular flexibility index (Phi) is 3.85. The summed E-state index contributed by atoms with van der Waals surface area (Å²) in [5.41, 5.74) is 1.85. The van der Waals surface area contributed by atoms with Crippen molar-refractivity contribution in [2.45, 2.75) is 11.1 Å². The van der Waals surface area contributed by atoms with Crippen molar-refractivity contribution >= 4 is 38.6 Å². The zero-order chi connectivity index (χ0) is 15.7. The lowest BCUT2D eigenvalue weighted by atomic mass is 10.1. The van der Waals surface area contributed by atoms with E-state index >= 15 is 0 Å². The molecule has 0 fully saturated rings. The Morgan fingerprint density at radius 2 is 2.09 bits per heavy atom. The van der Waals surface area contributed by atoms with Gasteiger partial charge in [-0.1, -0.05) is 17.7 Å². The number of rotatable bonds is 4. The monoisotopic (exact) mass is 355 g/mol. The van der Waals surface area contributed by atoms with E-state index in [0.29, 0.717) is 21.3 Å². The minimum absolute atomic E-state index is 0.157. The number of nitrogens with one attached hydrogen (secondary N) is 1. The normalized spacial score (nSPS) is 11.5. The predicted octanol–water partition coefficient (Wildman–Crippen LogP) is 2.49. The molecule has 1 N–H and O–H groups in total. The number of tetrazole rings is 1. The minimum Gasteiger partial charge on any atom is -0.279 e. The quantitative estimate of drug-likeness (QED) is 0.776. The lowest BCUT2D eigenvalue weighted by molar-refractivity contribution is 0.603. The van der Waals surface area contributed by atoms with E-state index in [1.807, 2.05) is 0 Å². The molecule has 0 aliphatic heterocycles. The van der Waals surface area contributed by atoms with E-state index < -0.39 is 10.0 Å². The number of nitrogens with zero attached hydrogens (tertiary/aromatic N) is 4. The van der Waals surface area contributed by atoms with Gasteiger partial charge in [0.15, 0.2) is 0 Å². The first-order valence-corrected chi connectivity index (χ1v) is 8.76. The van der Waals surface area contributed by atoms with Crippen molar-refractivity contribution in [3.63, 3.8) is 0 Å². The molecule has 0 unspecified atom stereocenters. The fourth-order valence-corrected chi connectivity index (χ4v) is 4.50. The Morgan fingerprint density at radius 3 is 2.73 bits per heavy atom. The van der Waals surface area contributed by atoms with Crippen molar-refractivity contribution in [3.8, 4) is 5.69 Å². The summed E-state index contributed by atoms with van der Waals surface area (Å²) in [7, 11) is -3.68. The maximum absolute atomic E-state index is 12.4. The summed E-state index contributed by atoms with van der Waals surface area (Å²) in [4.78, 5) is 0. The van der Waals surface area contributed by atoms with Crippen molar-refractivity contribution in [1.82, 2.24) is 20.2 Å². The van der Waals surface area contributed by atoms with Crippen LogP contribution in [0, 0.1) is 6.92 Å². The summed E-state index contributed by atoms with van der Waals surface area (Å²) in [5.74, 6) is 0. The highest BCUT2D eigenvalue weighted by Crippen LogP contribution is 2.29. The van der Waals surface area contributed by atoms with Crippen LogP contribution in [0.15, 0.2) is 40.9 Å². The maximum Gasteiger partial charge on any atom is 0.271 e. The smallest absolute Gasteiger partial charge is 0.271 e. The van der Waals surface area contributed by atoms with Gasteiger partial charge in [0.2, 0.25) is 0 Å². The van der Waals surface area contributed by atoms with Gasteiger partial charge < -0.3 is 0 Å². The first-order chi connectivity index (χ1) is 10.5. The molecule has 0 saturated carbocycles. The molecule has 3 rings (SSSR count). The number of sulfonamides is 1. The Labute approximate surface area is 135 Å². The fourth-order valence-electron chi connectivity index (χ4n) is 1.89. The SMILES string of the molecule is Cc1c(NS(=O)(=O)c2ccc(Cl)s2)cccc1-n1cnnn1. The topological polar surface area (TPSA) is 89.8 Å². The second kappa shape index (κ2) is 5.67. The van der Waals surface area contributed by atoms with Crippen molar-refractivity contribution in [3.05, 3.63) is 46.6 Å². The molecule has 0 amide bonds. The molecule has 114 valence electrons. The van der Waals surface area contributed by atoms with E-state index in [1.54, 1.807) is 31.2 Å². The van der Waals surface area contributed by atoms with Gasteiger partial charge in [-0.25, -0.2) is 13.1 Å². The van der Waals surface area contributed by atoms with E-state index in [4.69, 9.17) is 11.6 Å². The van der Waals surface area contributed by atoms with E-state index in [2.05, 4.69) is 20.2 Å². The summed E-state index contributed by atoms with van der Waals surface area (Å²) >= 11 is 6.79. The fraction of sp³-hybridized carbons (Fsp3) is 0.0833. The third-order valence-corrected chi connectivity index (χ3v) is 6.05. The summed E-state index contributed by atoms with van der Waals surface area (Å²) in [6.07, 6.45) is 1.44. The lowest BCUT2D eigenvalue weighted by Crippen LogP contribution is -2.13. The molecule has 0 bridgehead atoms. The molecule has 10 heteroatoms. The van der Waals surface area contributed by atoms with Gasteiger partial charge >= 0.3 is 0 Å². The highest BCUT2D eigenvalue weighted by molar-refractivity contribution is 7.94. The number of aromatic nitrogens is 4. The molecule has 0 spiro atoms. The van der Waals surface area contributed by atoms with Crippen molar-refractivity contribution < 1.29 is 8.42 Å². The average Bonchev–Trinajstić information content (AvgIpc) is 3.12. The van der Waals surface area contributed by atoms with Crippen LogP contribution < -0.4 is 4.72 Å². The van der Waals surface area contributed by atoms with Crippen LogP contribution in [0.25, 0.3) is 5.69 Å². The van der Waals surface area contributed by atoms with Crippen LogP contribution in [-0.4, -0.2) is 28.6 Å². The molecule has 0 aliphatic carbocycles. The van der Waals surface area contributed by atoms with Gasteiger partial charge in [-0.05, 0) is 47.2 Å². The van der Waals surface area contributed by atoms with Crippen molar-refractivity contribution in [1.29, 1.82) is 0 Å². The molecular formula is C12H10ClN5O2S2. The Bertz CT molecular complexity index is 906.